The smallest absolute Gasteiger partial charge is 0.408 e. The van der Waals surface area contributed by atoms with Crippen LogP contribution in [0.2, 0.25) is 0 Å². The predicted molar refractivity (Wildman–Crippen MR) is 90.2 cm³/mol. The Morgan fingerprint density at radius 1 is 1.24 bits per heavy atom. The molecule has 132 valence electrons. The third-order valence-corrected chi connectivity index (χ3v) is 4.95. The number of fused-ring (bicyclic) bond motifs is 1. The van der Waals surface area contributed by atoms with Gasteiger partial charge in [0.05, 0.1) is 11.6 Å². The lowest BCUT2D eigenvalue weighted by Gasteiger charge is -2.37. The van der Waals surface area contributed by atoms with Crippen molar-refractivity contribution in [2.24, 2.45) is 0 Å². The van der Waals surface area contributed by atoms with Gasteiger partial charge in [-0.15, -0.1) is 0 Å². The van der Waals surface area contributed by atoms with Gasteiger partial charge in [-0.1, -0.05) is 12.1 Å². The fourth-order valence-corrected chi connectivity index (χ4v) is 3.67. The average Bonchev–Trinajstić information content (AvgIpc) is 3.18. The van der Waals surface area contributed by atoms with Crippen molar-refractivity contribution in [2.75, 3.05) is 26.2 Å². The number of rotatable bonds is 3. The third-order valence-electron chi connectivity index (χ3n) is 4.95. The van der Waals surface area contributed by atoms with Crippen LogP contribution in [0.5, 0.6) is 0 Å². The molecule has 1 N–H and O–H groups in total. The van der Waals surface area contributed by atoms with Gasteiger partial charge in [-0.2, -0.15) is 0 Å². The molecule has 2 aliphatic heterocycles. The number of nitrogens with zero attached hydrogens (tertiary/aromatic N) is 3. The fraction of sp³-hybridized carbons (Fsp3) is 0.471. The summed E-state index contributed by atoms with van der Waals surface area (Å²) in [6.45, 7) is 2.44. The van der Waals surface area contributed by atoms with E-state index in [4.69, 9.17) is 4.42 Å². The first-order chi connectivity index (χ1) is 12.1. The Kier molecular flexibility index (Phi) is 3.95. The molecule has 0 aliphatic carbocycles. The number of nitrogens with one attached hydrogen (secondary N) is 1. The summed E-state index contributed by atoms with van der Waals surface area (Å²) in [5.74, 6) is -0.653. The van der Waals surface area contributed by atoms with E-state index in [0.29, 0.717) is 37.3 Å². The summed E-state index contributed by atoms with van der Waals surface area (Å²) in [7, 11) is 0. The standard InChI is InChI=1S/C17H20N4O4/c22-15(11-21-13-5-1-2-6-14(13)25-17(21)24)19-8-3-4-12(10-19)20-9-7-18-16(20)23/h1-2,5-6,12H,3-4,7-11H2,(H,18,23)/t12-/m0/s1. The molecule has 3 heterocycles. The molecule has 25 heavy (non-hydrogen) atoms. The van der Waals surface area contributed by atoms with Crippen molar-refractivity contribution in [1.29, 1.82) is 0 Å². The highest BCUT2D eigenvalue weighted by Crippen LogP contribution is 2.19. The zero-order valence-corrected chi connectivity index (χ0v) is 13.8. The van der Waals surface area contributed by atoms with E-state index in [9.17, 15) is 14.4 Å². The average molecular weight is 344 g/mol. The van der Waals surface area contributed by atoms with E-state index in [1.165, 1.54) is 4.57 Å². The van der Waals surface area contributed by atoms with Crippen molar-refractivity contribution in [3.8, 4) is 0 Å². The van der Waals surface area contributed by atoms with E-state index in [-0.39, 0.29) is 24.5 Å². The Labute approximate surface area is 144 Å². The van der Waals surface area contributed by atoms with Gasteiger partial charge in [-0.3, -0.25) is 9.36 Å². The Morgan fingerprint density at radius 2 is 2.08 bits per heavy atom. The van der Waals surface area contributed by atoms with Crippen molar-refractivity contribution < 1.29 is 14.0 Å². The highest BCUT2D eigenvalue weighted by Gasteiger charge is 2.33. The first-order valence-electron chi connectivity index (χ1n) is 8.54. The predicted octanol–water partition coefficient (Wildman–Crippen LogP) is 0.611. The van der Waals surface area contributed by atoms with Gasteiger partial charge in [-0.25, -0.2) is 9.59 Å². The molecule has 3 amide bonds. The first kappa shape index (κ1) is 15.7. The number of oxazole rings is 1. The van der Waals surface area contributed by atoms with Crippen molar-refractivity contribution >= 4 is 23.0 Å². The van der Waals surface area contributed by atoms with Crippen LogP contribution in [0.15, 0.2) is 33.5 Å². The zero-order chi connectivity index (χ0) is 17.4. The van der Waals surface area contributed by atoms with Gasteiger partial charge in [0.2, 0.25) is 5.91 Å². The van der Waals surface area contributed by atoms with Crippen molar-refractivity contribution in [3.63, 3.8) is 0 Å². The summed E-state index contributed by atoms with van der Waals surface area (Å²) in [5.41, 5.74) is 1.10. The molecular formula is C17H20N4O4. The molecule has 1 atom stereocenters. The maximum Gasteiger partial charge on any atom is 0.420 e. The van der Waals surface area contributed by atoms with Gasteiger partial charge in [0.25, 0.3) is 0 Å². The van der Waals surface area contributed by atoms with Gasteiger partial charge in [0.15, 0.2) is 5.58 Å². The number of hydrogen-bond donors (Lipinski definition) is 1. The molecule has 4 rings (SSSR count). The molecule has 0 radical (unpaired) electrons. The lowest BCUT2D eigenvalue weighted by Crippen LogP contribution is -2.51. The summed E-state index contributed by atoms with van der Waals surface area (Å²) in [6, 6.07) is 7.05. The quantitative estimate of drug-likeness (QED) is 0.884. The van der Waals surface area contributed by atoms with Crippen LogP contribution in [0.25, 0.3) is 11.1 Å². The molecule has 8 nitrogen and oxygen atoms in total. The van der Waals surface area contributed by atoms with Crippen molar-refractivity contribution in [1.82, 2.24) is 19.7 Å². The van der Waals surface area contributed by atoms with Gasteiger partial charge in [0.1, 0.15) is 6.54 Å². The maximum atomic E-state index is 12.7. The number of hydrogen-bond acceptors (Lipinski definition) is 4. The molecule has 1 aromatic carbocycles. The second kappa shape index (κ2) is 6.27. The molecule has 2 saturated heterocycles. The Hall–Kier alpha value is -2.77. The zero-order valence-electron chi connectivity index (χ0n) is 13.8. The summed E-state index contributed by atoms with van der Waals surface area (Å²) in [4.78, 5) is 40.1. The van der Waals surface area contributed by atoms with Crippen molar-refractivity contribution in [2.45, 2.75) is 25.4 Å². The lowest BCUT2D eigenvalue weighted by atomic mass is 10.0. The fourth-order valence-electron chi connectivity index (χ4n) is 3.67. The Morgan fingerprint density at radius 3 is 2.88 bits per heavy atom. The molecule has 0 spiro atoms. The van der Waals surface area contributed by atoms with Crippen LogP contribution in [0, 0.1) is 0 Å². The molecule has 0 saturated carbocycles. The van der Waals surface area contributed by atoms with Crippen LogP contribution in [0.4, 0.5) is 4.79 Å². The molecule has 0 bridgehead atoms. The molecule has 0 unspecified atom stereocenters. The summed E-state index contributed by atoms with van der Waals surface area (Å²) < 4.78 is 6.54. The van der Waals surface area contributed by atoms with E-state index in [1.807, 2.05) is 0 Å². The van der Waals surface area contributed by atoms with Gasteiger partial charge >= 0.3 is 11.8 Å². The number of amides is 3. The number of carbonyl (C=O) groups is 2. The van der Waals surface area contributed by atoms with Gasteiger partial charge < -0.3 is 19.5 Å². The number of likely N-dealkylation sites (tertiary alicyclic amines) is 1. The number of urea groups is 1. The number of para-hydroxylation sites is 2. The minimum atomic E-state index is -0.526. The van der Waals surface area contributed by atoms with Crippen LogP contribution in [0.1, 0.15) is 12.8 Å². The number of piperidine rings is 1. The first-order valence-corrected chi connectivity index (χ1v) is 8.54. The maximum absolute atomic E-state index is 12.7. The lowest BCUT2D eigenvalue weighted by molar-refractivity contribution is -0.133. The summed E-state index contributed by atoms with van der Waals surface area (Å²) in [6.07, 6.45) is 1.74. The minimum absolute atomic E-state index is 0.0398. The Balaban J connectivity index is 1.49. The normalized spacial score (nSPS) is 21.0. The molecule has 2 fully saturated rings. The van der Waals surface area contributed by atoms with E-state index in [0.717, 1.165) is 12.8 Å². The van der Waals surface area contributed by atoms with Crippen molar-refractivity contribution in [3.05, 3.63) is 34.8 Å². The number of aromatic nitrogens is 1. The topological polar surface area (TPSA) is 87.8 Å². The minimum Gasteiger partial charge on any atom is -0.408 e. The molecule has 2 aliphatic rings. The van der Waals surface area contributed by atoms with E-state index in [1.54, 1.807) is 34.1 Å². The van der Waals surface area contributed by atoms with E-state index >= 15 is 0 Å². The van der Waals surface area contributed by atoms with Crippen LogP contribution in [0.3, 0.4) is 0 Å². The van der Waals surface area contributed by atoms with Crippen LogP contribution in [-0.4, -0.2) is 58.5 Å². The van der Waals surface area contributed by atoms with E-state index < -0.39 is 5.76 Å². The number of benzene rings is 1. The Bertz CT molecular complexity index is 871. The van der Waals surface area contributed by atoms with Gasteiger partial charge in [-0.05, 0) is 25.0 Å². The molecule has 2 aromatic rings. The van der Waals surface area contributed by atoms with Crippen LogP contribution < -0.4 is 11.1 Å². The second-order valence-electron chi connectivity index (χ2n) is 6.48. The molecule has 8 heteroatoms. The monoisotopic (exact) mass is 344 g/mol. The summed E-state index contributed by atoms with van der Waals surface area (Å²) >= 11 is 0. The summed E-state index contributed by atoms with van der Waals surface area (Å²) in [5, 5.41) is 2.80. The third kappa shape index (κ3) is 2.88. The van der Waals surface area contributed by atoms with Crippen LogP contribution >= 0.6 is 0 Å². The number of carbonyl (C=O) groups excluding carboxylic acids is 2. The largest absolute Gasteiger partial charge is 0.420 e. The highest BCUT2D eigenvalue weighted by atomic mass is 16.4. The molecule has 1 aromatic heterocycles. The van der Waals surface area contributed by atoms with E-state index in [2.05, 4.69) is 5.32 Å². The second-order valence-corrected chi connectivity index (χ2v) is 6.48. The van der Waals surface area contributed by atoms with Crippen LogP contribution in [-0.2, 0) is 11.3 Å². The SMILES string of the molecule is O=C(Cn1c(=O)oc2ccccc21)N1CCC[C@H](N2CCNC2=O)C1. The van der Waals surface area contributed by atoms with Gasteiger partial charge in [0, 0.05) is 26.2 Å². The molecular weight excluding hydrogens is 324 g/mol. The highest BCUT2D eigenvalue weighted by molar-refractivity contribution is 5.80.